The number of carbonyl (C=O) groups excluding carboxylic acids is 1. The number of carbonyl (C=O) groups is 1. The Morgan fingerprint density at radius 1 is 1.00 bits per heavy atom. The van der Waals surface area contributed by atoms with Gasteiger partial charge in [0.25, 0.3) is 11.5 Å². The number of amides is 1. The van der Waals surface area contributed by atoms with Crippen molar-refractivity contribution in [3.05, 3.63) is 82.0 Å². The summed E-state index contributed by atoms with van der Waals surface area (Å²) < 4.78 is 0. The molecule has 0 radical (unpaired) electrons. The summed E-state index contributed by atoms with van der Waals surface area (Å²) in [7, 11) is 1.59. The summed E-state index contributed by atoms with van der Waals surface area (Å²) in [6, 6.07) is 14.7. The van der Waals surface area contributed by atoms with Gasteiger partial charge < -0.3 is 15.6 Å². The fourth-order valence-corrected chi connectivity index (χ4v) is 3.39. The first-order valence-corrected chi connectivity index (χ1v) is 9.52. The minimum absolute atomic E-state index is 0.161. The number of fused-ring (bicyclic) bond motifs is 1. The molecule has 0 saturated heterocycles. The molecule has 3 aromatic heterocycles. The number of hydrogen-bond donors (Lipinski definition) is 3. The lowest BCUT2D eigenvalue weighted by atomic mass is 10.1. The first-order chi connectivity index (χ1) is 14.5. The molecule has 0 aliphatic heterocycles. The Kier molecular flexibility index (Phi) is 5.02. The zero-order valence-electron chi connectivity index (χ0n) is 16.9. The maximum absolute atomic E-state index is 12.5. The molecular weight excluding hydrogens is 378 g/mol. The van der Waals surface area contributed by atoms with Crippen LogP contribution in [0, 0.1) is 13.8 Å². The minimum Gasteiger partial charge on any atom is -0.355 e. The smallest absolute Gasteiger partial charge is 0.259 e. The molecule has 7 nitrogen and oxygen atoms in total. The van der Waals surface area contributed by atoms with Crippen LogP contribution >= 0.6 is 0 Å². The van der Waals surface area contributed by atoms with Gasteiger partial charge in [0, 0.05) is 41.4 Å². The summed E-state index contributed by atoms with van der Waals surface area (Å²) in [5.74, 6) is 0.280. The number of pyridine rings is 3. The highest BCUT2D eigenvalue weighted by Gasteiger charge is 2.13. The normalized spacial score (nSPS) is 10.8. The average Bonchev–Trinajstić information content (AvgIpc) is 2.73. The van der Waals surface area contributed by atoms with Crippen molar-refractivity contribution in [1.29, 1.82) is 0 Å². The molecule has 0 saturated carbocycles. The van der Waals surface area contributed by atoms with Crippen molar-refractivity contribution >= 4 is 28.2 Å². The maximum Gasteiger partial charge on any atom is 0.259 e. The number of benzene rings is 1. The lowest BCUT2D eigenvalue weighted by Crippen LogP contribution is -2.17. The number of hydrogen-bond acceptors (Lipinski definition) is 5. The van der Waals surface area contributed by atoms with Crippen molar-refractivity contribution in [2.75, 3.05) is 12.4 Å². The molecule has 0 aliphatic carbocycles. The van der Waals surface area contributed by atoms with Gasteiger partial charge in [0.15, 0.2) is 0 Å². The van der Waals surface area contributed by atoms with E-state index in [-0.39, 0.29) is 11.5 Å². The minimum atomic E-state index is -0.227. The first kappa shape index (κ1) is 19.3. The van der Waals surface area contributed by atoms with Crippen molar-refractivity contribution < 1.29 is 4.79 Å². The van der Waals surface area contributed by atoms with Crippen LogP contribution in [-0.2, 0) is 0 Å². The van der Waals surface area contributed by atoms with Gasteiger partial charge in [0.1, 0.15) is 5.82 Å². The lowest BCUT2D eigenvalue weighted by Gasteiger charge is -2.13. The van der Waals surface area contributed by atoms with Crippen molar-refractivity contribution in [3.8, 4) is 11.3 Å². The highest BCUT2D eigenvalue weighted by molar-refractivity contribution is 5.96. The molecule has 4 aromatic rings. The Labute approximate surface area is 173 Å². The predicted octanol–water partition coefficient (Wildman–Crippen LogP) is 3.71. The fourth-order valence-electron chi connectivity index (χ4n) is 3.39. The third-order valence-electron chi connectivity index (χ3n) is 4.89. The molecule has 0 fully saturated rings. The second kappa shape index (κ2) is 7.79. The van der Waals surface area contributed by atoms with Crippen LogP contribution in [0.3, 0.4) is 0 Å². The van der Waals surface area contributed by atoms with Gasteiger partial charge in [-0.15, -0.1) is 0 Å². The van der Waals surface area contributed by atoms with Crippen molar-refractivity contribution in [3.63, 3.8) is 0 Å². The Morgan fingerprint density at radius 3 is 2.47 bits per heavy atom. The van der Waals surface area contributed by atoms with Crippen molar-refractivity contribution in [1.82, 2.24) is 20.3 Å². The van der Waals surface area contributed by atoms with E-state index in [1.807, 2.05) is 38.1 Å². The lowest BCUT2D eigenvalue weighted by molar-refractivity contribution is 0.0963. The highest BCUT2D eigenvalue weighted by Crippen LogP contribution is 2.29. The number of nitrogens with zero attached hydrogens (tertiary/aromatic N) is 2. The molecule has 1 amide bonds. The Morgan fingerprint density at radius 2 is 1.77 bits per heavy atom. The molecule has 0 bridgehead atoms. The van der Waals surface area contributed by atoms with Crippen LogP contribution in [0.5, 0.6) is 0 Å². The first-order valence-electron chi connectivity index (χ1n) is 9.52. The van der Waals surface area contributed by atoms with Crippen LogP contribution in [-0.4, -0.2) is 27.9 Å². The highest BCUT2D eigenvalue weighted by atomic mass is 16.1. The molecule has 150 valence electrons. The van der Waals surface area contributed by atoms with Gasteiger partial charge in [-0.25, -0.2) is 4.98 Å². The summed E-state index contributed by atoms with van der Waals surface area (Å²) >= 11 is 0. The number of nitrogens with one attached hydrogen (secondary N) is 3. The van der Waals surface area contributed by atoms with Crippen molar-refractivity contribution in [2.24, 2.45) is 0 Å². The van der Waals surface area contributed by atoms with E-state index in [1.165, 1.54) is 0 Å². The quantitative estimate of drug-likeness (QED) is 0.486. The molecule has 1 aromatic carbocycles. The Hall–Kier alpha value is -4.00. The second-order valence-electron chi connectivity index (χ2n) is 6.99. The third kappa shape index (κ3) is 3.65. The zero-order valence-corrected chi connectivity index (χ0v) is 16.9. The SMILES string of the molecule is CNC(=O)c1ccc(Nc2nc(-c3ccc(C)nc3C)cc3cc[nH]c(=O)c23)cc1. The van der Waals surface area contributed by atoms with Gasteiger partial charge >= 0.3 is 0 Å². The van der Waals surface area contributed by atoms with E-state index in [1.54, 1.807) is 37.5 Å². The number of anilines is 2. The number of aromatic amines is 1. The largest absolute Gasteiger partial charge is 0.355 e. The molecule has 0 unspecified atom stereocenters. The molecule has 4 rings (SSSR count). The molecule has 30 heavy (non-hydrogen) atoms. The number of aryl methyl sites for hydroxylation is 2. The second-order valence-corrected chi connectivity index (χ2v) is 6.99. The monoisotopic (exact) mass is 399 g/mol. The van der Waals surface area contributed by atoms with Crippen LogP contribution in [0.15, 0.2) is 59.5 Å². The molecule has 7 heteroatoms. The van der Waals surface area contributed by atoms with Crippen molar-refractivity contribution in [2.45, 2.75) is 13.8 Å². The van der Waals surface area contributed by atoms with E-state index in [9.17, 15) is 9.59 Å². The van der Waals surface area contributed by atoms with Gasteiger partial charge in [-0.1, -0.05) is 0 Å². The van der Waals surface area contributed by atoms with Gasteiger partial charge in [-0.3, -0.25) is 14.6 Å². The molecule has 0 aliphatic rings. The van der Waals surface area contributed by atoms with Crippen LogP contribution < -0.4 is 16.2 Å². The van der Waals surface area contributed by atoms with E-state index in [2.05, 4.69) is 20.6 Å². The van der Waals surface area contributed by atoms with Crippen LogP contribution in [0.25, 0.3) is 22.0 Å². The predicted molar refractivity (Wildman–Crippen MR) is 118 cm³/mol. The third-order valence-corrected chi connectivity index (χ3v) is 4.89. The number of H-pyrrole nitrogens is 1. The summed E-state index contributed by atoms with van der Waals surface area (Å²) in [5.41, 5.74) is 4.47. The summed E-state index contributed by atoms with van der Waals surface area (Å²) in [5, 5.41) is 7.06. The van der Waals surface area contributed by atoms with Gasteiger partial charge in [0.2, 0.25) is 0 Å². The number of rotatable bonds is 4. The fraction of sp³-hybridized carbons (Fsp3) is 0.130. The maximum atomic E-state index is 12.5. The van der Waals surface area contributed by atoms with Gasteiger partial charge in [0.05, 0.1) is 11.1 Å². The summed E-state index contributed by atoms with van der Waals surface area (Å²) in [6.45, 7) is 3.89. The summed E-state index contributed by atoms with van der Waals surface area (Å²) in [4.78, 5) is 36.3. The van der Waals surface area contributed by atoms with Crippen LogP contribution in [0.2, 0.25) is 0 Å². The van der Waals surface area contributed by atoms with E-state index < -0.39 is 0 Å². The topological polar surface area (TPSA) is 99.8 Å². The van der Waals surface area contributed by atoms with E-state index in [0.29, 0.717) is 16.8 Å². The van der Waals surface area contributed by atoms with Gasteiger partial charge in [-0.2, -0.15) is 0 Å². The van der Waals surface area contributed by atoms with Crippen LogP contribution in [0.1, 0.15) is 21.7 Å². The average molecular weight is 399 g/mol. The zero-order chi connectivity index (χ0) is 21.3. The standard InChI is InChI=1S/C23H21N5O2/c1-13-4-9-18(14(2)26-13)19-12-16-10-11-25-23(30)20(16)21(28-19)27-17-7-5-15(6-8-17)22(29)24-3/h4-12H,1-3H3,(H,24,29)(H,25,30)(H,27,28). The molecular formula is C23H21N5O2. The molecule has 3 N–H and O–H groups in total. The molecule has 0 spiro atoms. The van der Waals surface area contributed by atoms with E-state index in [4.69, 9.17) is 4.98 Å². The summed E-state index contributed by atoms with van der Waals surface area (Å²) in [6.07, 6.45) is 1.62. The van der Waals surface area contributed by atoms with E-state index >= 15 is 0 Å². The molecule has 0 atom stereocenters. The Balaban J connectivity index is 1.83. The Bertz CT molecular complexity index is 1310. The van der Waals surface area contributed by atoms with Crippen LogP contribution in [0.4, 0.5) is 11.5 Å². The van der Waals surface area contributed by atoms with Gasteiger partial charge in [-0.05, 0) is 67.8 Å². The molecule has 3 heterocycles. The van der Waals surface area contributed by atoms with E-state index in [0.717, 1.165) is 33.7 Å². The number of aromatic nitrogens is 3.